The third-order valence-corrected chi connectivity index (χ3v) is 4.67. The molecular weight excluding hydrogens is 382 g/mol. The molecule has 0 amide bonds. The van der Waals surface area contributed by atoms with Gasteiger partial charge in [-0.1, -0.05) is 24.3 Å². The summed E-state index contributed by atoms with van der Waals surface area (Å²) < 4.78 is 22.2. The number of nitrogens with one attached hydrogen (secondary N) is 1. The molecule has 1 aromatic heterocycles. The van der Waals surface area contributed by atoms with Crippen molar-refractivity contribution in [3.05, 3.63) is 64.7 Å². The van der Waals surface area contributed by atoms with Gasteiger partial charge in [0.15, 0.2) is 18.1 Å². The molecule has 0 saturated heterocycles. The first-order valence-corrected chi connectivity index (χ1v) is 9.59. The van der Waals surface area contributed by atoms with E-state index in [1.165, 1.54) is 0 Å². The Balaban J connectivity index is 1.62. The first-order valence-electron chi connectivity index (χ1n) is 9.59. The first-order chi connectivity index (χ1) is 14.5. The van der Waals surface area contributed by atoms with Crippen LogP contribution in [0.3, 0.4) is 0 Å². The zero-order chi connectivity index (χ0) is 21.5. The van der Waals surface area contributed by atoms with Gasteiger partial charge in [0, 0.05) is 6.54 Å². The average molecular weight is 407 g/mol. The van der Waals surface area contributed by atoms with Crippen molar-refractivity contribution in [2.45, 2.75) is 26.9 Å². The molecule has 0 fully saturated rings. The van der Waals surface area contributed by atoms with Crippen molar-refractivity contribution in [3.8, 4) is 23.3 Å². The molecule has 0 unspecified atom stereocenters. The van der Waals surface area contributed by atoms with E-state index in [4.69, 9.17) is 18.6 Å². The van der Waals surface area contributed by atoms with Crippen LogP contribution in [0.15, 0.2) is 40.8 Å². The van der Waals surface area contributed by atoms with Crippen molar-refractivity contribution in [3.63, 3.8) is 0 Å². The Morgan fingerprint density at radius 1 is 1.07 bits per heavy atom. The number of ether oxygens (including phenoxy) is 3. The van der Waals surface area contributed by atoms with E-state index in [0.717, 1.165) is 22.4 Å². The molecule has 3 aromatic rings. The summed E-state index contributed by atoms with van der Waals surface area (Å²) in [6.45, 7) is 4.69. The molecule has 30 heavy (non-hydrogen) atoms. The molecule has 0 aliphatic heterocycles. The second kappa shape index (κ2) is 9.70. The van der Waals surface area contributed by atoms with Crippen molar-refractivity contribution in [1.82, 2.24) is 4.98 Å². The summed E-state index contributed by atoms with van der Waals surface area (Å²) in [5.41, 5.74) is 3.35. The summed E-state index contributed by atoms with van der Waals surface area (Å²) in [5.74, 6) is 2.86. The highest BCUT2D eigenvalue weighted by Gasteiger charge is 2.14. The van der Waals surface area contributed by atoms with Crippen molar-refractivity contribution in [2.75, 3.05) is 26.1 Å². The number of aryl methyl sites for hydroxylation is 2. The number of anilines is 1. The van der Waals surface area contributed by atoms with E-state index in [9.17, 15) is 5.26 Å². The number of nitrogens with zero attached hydrogens (tertiary/aromatic N) is 2. The summed E-state index contributed by atoms with van der Waals surface area (Å²) in [7, 11) is 3.21. The van der Waals surface area contributed by atoms with E-state index in [1.54, 1.807) is 14.2 Å². The molecule has 7 nitrogen and oxygen atoms in total. The average Bonchev–Trinajstić information content (AvgIpc) is 3.15. The zero-order valence-corrected chi connectivity index (χ0v) is 17.6. The van der Waals surface area contributed by atoms with Gasteiger partial charge in [0.05, 0.1) is 14.2 Å². The predicted molar refractivity (Wildman–Crippen MR) is 113 cm³/mol. The maximum atomic E-state index is 9.36. The molecule has 0 spiro atoms. The lowest BCUT2D eigenvalue weighted by Crippen LogP contribution is -2.05. The molecule has 156 valence electrons. The Bertz CT molecular complexity index is 1030. The second-order valence-electron chi connectivity index (χ2n) is 6.77. The number of rotatable bonds is 9. The Morgan fingerprint density at radius 2 is 1.80 bits per heavy atom. The van der Waals surface area contributed by atoms with E-state index in [1.807, 2.05) is 50.2 Å². The van der Waals surface area contributed by atoms with Gasteiger partial charge in [0.25, 0.3) is 0 Å². The van der Waals surface area contributed by atoms with Gasteiger partial charge in [-0.3, -0.25) is 0 Å². The molecule has 1 heterocycles. The lowest BCUT2D eigenvalue weighted by atomic mass is 10.1. The molecule has 1 N–H and O–H groups in total. The van der Waals surface area contributed by atoms with Crippen LogP contribution in [0.25, 0.3) is 0 Å². The Morgan fingerprint density at radius 3 is 2.47 bits per heavy atom. The Labute approximate surface area is 176 Å². The monoisotopic (exact) mass is 407 g/mol. The minimum absolute atomic E-state index is 0.151. The van der Waals surface area contributed by atoms with Crippen molar-refractivity contribution in [1.29, 1.82) is 5.26 Å². The standard InChI is InChI=1S/C23H25N3O4/c1-15-6-5-7-16(2)22(15)29-14-21-26-18(13-24)23(30-21)25-11-10-17-8-9-19(27-3)20(12-17)28-4/h5-9,12,25H,10-11,14H2,1-4H3. The number of oxazole rings is 1. The number of hydrogen-bond acceptors (Lipinski definition) is 7. The van der Waals surface area contributed by atoms with E-state index < -0.39 is 0 Å². The number of para-hydroxylation sites is 1. The van der Waals surface area contributed by atoms with Crippen LogP contribution >= 0.6 is 0 Å². The van der Waals surface area contributed by atoms with Gasteiger partial charge in [-0.2, -0.15) is 10.2 Å². The zero-order valence-electron chi connectivity index (χ0n) is 17.6. The summed E-state index contributed by atoms with van der Waals surface area (Å²) in [6, 6.07) is 13.8. The van der Waals surface area contributed by atoms with Crippen LogP contribution in [0.5, 0.6) is 17.2 Å². The molecule has 0 aliphatic rings. The van der Waals surface area contributed by atoms with Crippen molar-refractivity contribution < 1.29 is 18.6 Å². The van der Waals surface area contributed by atoms with Gasteiger partial charge >= 0.3 is 0 Å². The first kappa shape index (κ1) is 21.1. The van der Waals surface area contributed by atoms with Crippen LogP contribution in [-0.2, 0) is 13.0 Å². The number of benzene rings is 2. The van der Waals surface area contributed by atoms with Crippen molar-refractivity contribution in [2.24, 2.45) is 0 Å². The second-order valence-corrected chi connectivity index (χ2v) is 6.77. The summed E-state index contributed by atoms with van der Waals surface area (Å²) in [5, 5.41) is 12.5. The van der Waals surface area contributed by atoms with E-state index >= 15 is 0 Å². The van der Waals surface area contributed by atoms with Gasteiger partial charge in [-0.25, -0.2) is 0 Å². The smallest absolute Gasteiger partial charge is 0.236 e. The third kappa shape index (κ3) is 4.84. The molecule has 3 rings (SSSR count). The molecular formula is C23H25N3O4. The fourth-order valence-electron chi connectivity index (χ4n) is 3.14. The summed E-state index contributed by atoms with van der Waals surface area (Å²) in [4.78, 5) is 4.23. The normalized spacial score (nSPS) is 10.4. The fourth-order valence-corrected chi connectivity index (χ4v) is 3.14. The number of nitriles is 1. The van der Waals surface area contributed by atoms with Crippen LogP contribution in [0.4, 0.5) is 5.88 Å². The molecule has 7 heteroatoms. The van der Waals surface area contributed by atoms with Crippen LogP contribution in [0.2, 0.25) is 0 Å². The predicted octanol–water partition coefficient (Wildman–Crippen LogP) is 4.41. The molecule has 0 saturated carbocycles. The van der Waals surface area contributed by atoms with Gasteiger partial charge in [0.1, 0.15) is 11.8 Å². The lowest BCUT2D eigenvalue weighted by molar-refractivity contribution is 0.261. The van der Waals surface area contributed by atoms with Crippen molar-refractivity contribution >= 4 is 5.88 Å². The van der Waals surface area contributed by atoms with Crippen LogP contribution in [0.1, 0.15) is 28.3 Å². The fraction of sp³-hybridized carbons (Fsp3) is 0.304. The highest BCUT2D eigenvalue weighted by atomic mass is 16.5. The highest BCUT2D eigenvalue weighted by Crippen LogP contribution is 2.28. The van der Waals surface area contributed by atoms with E-state index in [0.29, 0.717) is 36.2 Å². The molecule has 0 atom stereocenters. The summed E-state index contributed by atoms with van der Waals surface area (Å²) >= 11 is 0. The van der Waals surface area contributed by atoms with Crippen LogP contribution in [-0.4, -0.2) is 25.7 Å². The topological polar surface area (TPSA) is 89.5 Å². The number of hydrogen-bond donors (Lipinski definition) is 1. The maximum Gasteiger partial charge on any atom is 0.236 e. The lowest BCUT2D eigenvalue weighted by Gasteiger charge is -2.10. The molecule has 0 bridgehead atoms. The molecule has 2 aromatic carbocycles. The molecule has 0 aliphatic carbocycles. The third-order valence-electron chi connectivity index (χ3n) is 4.67. The van der Waals surface area contributed by atoms with Gasteiger partial charge < -0.3 is 23.9 Å². The van der Waals surface area contributed by atoms with E-state index in [-0.39, 0.29) is 12.3 Å². The number of methoxy groups -OCH3 is 2. The summed E-state index contributed by atoms with van der Waals surface area (Å²) in [6.07, 6.45) is 0.708. The quantitative estimate of drug-likeness (QED) is 0.562. The largest absolute Gasteiger partial charge is 0.493 e. The molecule has 0 radical (unpaired) electrons. The maximum absolute atomic E-state index is 9.36. The van der Waals surface area contributed by atoms with Crippen LogP contribution < -0.4 is 19.5 Å². The highest BCUT2D eigenvalue weighted by molar-refractivity contribution is 5.46. The Kier molecular flexibility index (Phi) is 6.81. The minimum Gasteiger partial charge on any atom is -0.493 e. The van der Waals surface area contributed by atoms with Crippen LogP contribution in [0, 0.1) is 25.2 Å². The Hall–Kier alpha value is -3.66. The van der Waals surface area contributed by atoms with Gasteiger partial charge in [-0.05, 0) is 49.1 Å². The van der Waals surface area contributed by atoms with E-state index in [2.05, 4.69) is 16.4 Å². The SMILES string of the molecule is COc1ccc(CCNc2oc(COc3c(C)cccc3C)nc2C#N)cc1OC. The van der Waals surface area contributed by atoms with Gasteiger partial charge in [-0.15, -0.1) is 0 Å². The van der Waals surface area contributed by atoms with Gasteiger partial charge in [0.2, 0.25) is 17.5 Å². The number of aromatic nitrogens is 1. The minimum atomic E-state index is 0.151.